The van der Waals surface area contributed by atoms with Crippen molar-refractivity contribution < 1.29 is 10.2 Å². The van der Waals surface area contributed by atoms with E-state index in [1.54, 1.807) is 12.1 Å². The highest BCUT2D eigenvalue weighted by atomic mass is 79.9. The molecule has 0 bridgehead atoms. The molecule has 0 aliphatic carbocycles. The second kappa shape index (κ2) is 5.12. The molecule has 0 spiro atoms. The minimum atomic E-state index is -0.943. The van der Waals surface area contributed by atoms with Gasteiger partial charge in [0.1, 0.15) is 6.10 Å². The van der Waals surface area contributed by atoms with Gasteiger partial charge in [-0.1, -0.05) is 45.7 Å². The van der Waals surface area contributed by atoms with Gasteiger partial charge in [-0.15, -0.1) is 0 Å². The van der Waals surface area contributed by atoms with Gasteiger partial charge in [0.05, 0.1) is 6.10 Å². The Morgan fingerprint density at radius 1 is 1.43 bits per heavy atom. The van der Waals surface area contributed by atoms with Gasteiger partial charge in [0, 0.05) is 15.9 Å². The van der Waals surface area contributed by atoms with E-state index in [1.165, 1.54) is 0 Å². The van der Waals surface area contributed by atoms with Crippen LogP contribution in [0.15, 0.2) is 18.2 Å². The van der Waals surface area contributed by atoms with E-state index < -0.39 is 12.2 Å². The van der Waals surface area contributed by atoms with E-state index in [-0.39, 0.29) is 0 Å². The zero-order chi connectivity index (χ0) is 10.7. The number of hydrogen-bond acceptors (Lipinski definition) is 2. The summed E-state index contributed by atoms with van der Waals surface area (Å²) in [7, 11) is 0. The first kappa shape index (κ1) is 12.0. The van der Waals surface area contributed by atoms with Crippen LogP contribution < -0.4 is 0 Å². The summed E-state index contributed by atoms with van der Waals surface area (Å²) in [6, 6.07) is 5.38. The molecule has 0 aliphatic rings. The molecule has 78 valence electrons. The Kier molecular flexibility index (Phi) is 4.38. The van der Waals surface area contributed by atoms with E-state index in [0.29, 0.717) is 15.9 Å². The number of aliphatic hydroxyl groups excluding tert-OH is 2. The zero-order valence-corrected chi connectivity index (χ0v) is 10.1. The second-order valence-electron chi connectivity index (χ2n) is 3.14. The first-order valence-corrected chi connectivity index (χ1v) is 5.75. The van der Waals surface area contributed by atoms with E-state index in [0.717, 1.165) is 5.56 Å². The van der Waals surface area contributed by atoms with Crippen molar-refractivity contribution in [1.82, 2.24) is 0 Å². The molecule has 0 saturated heterocycles. The Morgan fingerprint density at radius 2 is 2.07 bits per heavy atom. The van der Waals surface area contributed by atoms with Gasteiger partial charge in [-0.25, -0.2) is 0 Å². The summed E-state index contributed by atoms with van der Waals surface area (Å²) in [6.07, 6.45) is -1.78. The number of alkyl halides is 1. The van der Waals surface area contributed by atoms with E-state index >= 15 is 0 Å². The van der Waals surface area contributed by atoms with Crippen molar-refractivity contribution in [2.75, 3.05) is 5.33 Å². The Bertz CT molecular complexity index is 317. The fraction of sp³-hybridized carbons (Fsp3) is 0.400. The molecule has 1 aromatic carbocycles. The molecule has 2 nitrogen and oxygen atoms in total. The minimum Gasteiger partial charge on any atom is -0.389 e. The van der Waals surface area contributed by atoms with Crippen LogP contribution in [-0.4, -0.2) is 21.6 Å². The molecule has 0 aromatic heterocycles. The van der Waals surface area contributed by atoms with Gasteiger partial charge in [0.15, 0.2) is 0 Å². The van der Waals surface area contributed by atoms with Crippen molar-refractivity contribution in [3.63, 3.8) is 0 Å². The molecule has 1 aromatic rings. The number of benzene rings is 1. The Morgan fingerprint density at radius 3 is 2.64 bits per heavy atom. The van der Waals surface area contributed by atoms with Gasteiger partial charge in [-0.2, -0.15) is 0 Å². The third-order valence-corrected chi connectivity index (χ3v) is 3.24. The first-order valence-electron chi connectivity index (χ1n) is 4.25. The molecule has 0 heterocycles. The Balaban J connectivity index is 3.01. The number of rotatable bonds is 3. The van der Waals surface area contributed by atoms with Crippen molar-refractivity contribution in [2.45, 2.75) is 19.1 Å². The molecule has 0 fully saturated rings. The van der Waals surface area contributed by atoms with E-state index in [9.17, 15) is 10.2 Å². The average Bonchev–Trinajstić information content (AvgIpc) is 2.20. The van der Waals surface area contributed by atoms with E-state index in [2.05, 4.69) is 15.9 Å². The zero-order valence-electron chi connectivity index (χ0n) is 7.74. The molecule has 2 N–H and O–H groups in total. The minimum absolute atomic E-state index is 0.318. The molecular weight excluding hydrogens is 267 g/mol. The van der Waals surface area contributed by atoms with Crippen molar-refractivity contribution in [2.24, 2.45) is 0 Å². The summed E-state index contributed by atoms with van der Waals surface area (Å²) in [5.74, 6) is 0. The molecule has 0 radical (unpaired) electrons. The molecular formula is C10H12BrClO2. The molecule has 1 rings (SSSR count). The highest BCUT2D eigenvalue weighted by molar-refractivity contribution is 9.09. The summed E-state index contributed by atoms with van der Waals surface area (Å²) in [4.78, 5) is 0. The summed E-state index contributed by atoms with van der Waals surface area (Å²) in [6.45, 7) is 1.86. The SMILES string of the molecule is Cc1cccc(C(O)C(O)CBr)c1Cl. The molecule has 2 unspecified atom stereocenters. The predicted molar refractivity (Wildman–Crippen MR) is 60.9 cm³/mol. The van der Waals surface area contributed by atoms with Crippen LogP contribution in [0.25, 0.3) is 0 Å². The van der Waals surface area contributed by atoms with Gasteiger partial charge < -0.3 is 10.2 Å². The summed E-state index contributed by atoms with van der Waals surface area (Å²) >= 11 is 9.11. The van der Waals surface area contributed by atoms with Crippen LogP contribution in [0.1, 0.15) is 17.2 Å². The normalized spacial score (nSPS) is 15.2. The maximum Gasteiger partial charge on any atom is 0.107 e. The smallest absolute Gasteiger partial charge is 0.107 e. The summed E-state index contributed by atoms with van der Waals surface area (Å²) in [5, 5.41) is 20.0. The third-order valence-electron chi connectivity index (χ3n) is 2.06. The lowest BCUT2D eigenvalue weighted by molar-refractivity contribution is 0.0343. The molecule has 0 aliphatic heterocycles. The second-order valence-corrected chi connectivity index (χ2v) is 4.17. The van der Waals surface area contributed by atoms with Gasteiger partial charge in [-0.3, -0.25) is 0 Å². The third kappa shape index (κ3) is 2.48. The Hall–Kier alpha value is -0.0900. The van der Waals surface area contributed by atoms with Gasteiger partial charge in [-0.05, 0) is 12.5 Å². The maximum absolute atomic E-state index is 9.73. The predicted octanol–water partition coefficient (Wildman–Crippen LogP) is 2.44. The quantitative estimate of drug-likeness (QED) is 0.834. The summed E-state index contributed by atoms with van der Waals surface area (Å²) < 4.78 is 0. The van der Waals surface area contributed by atoms with Crippen LogP contribution in [0.4, 0.5) is 0 Å². The lowest BCUT2D eigenvalue weighted by Crippen LogP contribution is -2.19. The molecule has 0 saturated carbocycles. The fourth-order valence-electron chi connectivity index (χ4n) is 1.19. The monoisotopic (exact) mass is 278 g/mol. The largest absolute Gasteiger partial charge is 0.389 e. The van der Waals surface area contributed by atoms with Gasteiger partial charge >= 0.3 is 0 Å². The van der Waals surface area contributed by atoms with Crippen LogP contribution >= 0.6 is 27.5 Å². The van der Waals surface area contributed by atoms with E-state index in [4.69, 9.17) is 11.6 Å². The van der Waals surface area contributed by atoms with Crippen LogP contribution in [0, 0.1) is 6.92 Å². The topological polar surface area (TPSA) is 40.5 Å². The standard InChI is InChI=1S/C10H12BrClO2/c1-6-3-2-4-7(9(6)12)10(14)8(13)5-11/h2-4,8,10,13-14H,5H2,1H3. The van der Waals surface area contributed by atoms with Crippen LogP contribution in [0.3, 0.4) is 0 Å². The van der Waals surface area contributed by atoms with Crippen LogP contribution in [-0.2, 0) is 0 Å². The number of halogens is 2. The fourth-order valence-corrected chi connectivity index (χ4v) is 1.78. The first-order chi connectivity index (χ1) is 6.57. The van der Waals surface area contributed by atoms with Crippen molar-refractivity contribution >= 4 is 27.5 Å². The number of hydrogen-bond donors (Lipinski definition) is 2. The van der Waals surface area contributed by atoms with E-state index in [1.807, 2.05) is 13.0 Å². The molecule has 4 heteroatoms. The van der Waals surface area contributed by atoms with Crippen LogP contribution in [0.2, 0.25) is 5.02 Å². The molecule has 2 atom stereocenters. The molecule has 14 heavy (non-hydrogen) atoms. The highest BCUT2D eigenvalue weighted by Crippen LogP contribution is 2.28. The lowest BCUT2D eigenvalue weighted by atomic mass is 10.0. The lowest BCUT2D eigenvalue weighted by Gasteiger charge is -2.17. The summed E-state index contributed by atoms with van der Waals surface area (Å²) in [5.41, 5.74) is 1.46. The highest BCUT2D eigenvalue weighted by Gasteiger charge is 2.19. The molecule has 0 amide bonds. The van der Waals surface area contributed by atoms with Crippen molar-refractivity contribution in [3.8, 4) is 0 Å². The maximum atomic E-state index is 9.73. The van der Waals surface area contributed by atoms with Crippen molar-refractivity contribution in [3.05, 3.63) is 34.3 Å². The Labute approximate surface area is 96.7 Å². The van der Waals surface area contributed by atoms with Gasteiger partial charge in [0.2, 0.25) is 0 Å². The van der Waals surface area contributed by atoms with Gasteiger partial charge in [0.25, 0.3) is 0 Å². The van der Waals surface area contributed by atoms with Crippen LogP contribution in [0.5, 0.6) is 0 Å². The number of aryl methyl sites for hydroxylation is 1. The number of aliphatic hydroxyl groups is 2. The van der Waals surface area contributed by atoms with Crippen molar-refractivity contribution in [1.29, 1.82) is 0 Å². The average molecular weight is 280 g/mol.